The topological polar surface area (TPSA) is 24.5 Å². The van der Waals surface area contributed by atoms with Crippen LogP contribution in [-0.2, 0) is 4.74 Å². The molecule has 1 aliphatic rings. The Morgan fingerprint density at radius 2 is 1.79 bits per heavy atom. The molecule has 1 N–H and O–H groups in total. The normalized spacial score (nSPS) is 18.7. The highest BCUT2D eigenvalue weighted by Crippen LogP contribution is 2.20. The summed E-state index contributed by atoms with van der Waals surface area (Å²) in [6.45, 7) is 10.4. The van der Waals surface area contributed by atoms with Crippen molar-refractivity contribution in [1.29, 1.82) is 0 Å². The Bertz CT molecular complexity index is 347. The fourth-order valence-corrected chi connectivity index (χ4v) is 2.53. The van der Waals surface area contributed by atoms with Crippen LogP contribution in [0.2, 0.25) is 0 Å². The van der Waals surface area contributed by atoms with E-state index in [1.54, 1.807) is 0 Å². The summed E-state index contributed by atoms with van der Waals surface area (Å²) in [6, 6.07) is 11.3. The second kappa shape index (κ2) is 7.63. The van der Waals surface area contributed by atoms with Gasteiger partial charge in [-0.1, -0.05) is 44.2 Å². The van der Waals surface area contributed by atoms with Gasteiger partial charge in [-0.2, -0.15) is 0 Å². The first-order valence-electron chi connectivity index (χ1n) is 7.35. The lowest BCUT2D eigenvalue weighted by molar-refractivity contribution is 0.0160. The second-order valence-electron chi connectivity index (χ2n) is 5.63. The molecule has 1 heterocycles. The lowest BCUT2D eigenvalue weighted by atomic mass is 10.0. The molecule has 19 heavy (non-hydrogen) atoms. The highest BCUT2D eigenvalue weighted by Gasteiger charge is 2.22. The van der Waals surface area contributed by atoms with Crippen molar-refractivity contribution in [2.75, 3.05) is 39.4 Å². The Kier molecular flexibility index (Phi) is 5.83. The van der Waals surface area contributed by atoms with Gasteiger partial charge in [0.05, 0.1) is 13.2 Å². The van der Waals surface area contributed by atoms with Crippen molar-refractivity contribution in [1.82, 2.24) is 10.2 Å². The molecule has 0 amide bonds. The third-order valence-corrected chi connectivity index (χ3v) is 3.56. The first-order valence-corrected chi connectivity index (χ1v) is 7.35. The molecule has 0 saturated carbocycles. The molecule has 0 bridgehead atoms. The van der Waals surface area contributed by atoms with Gasteiger partial charge in [0.15, 0.2) is 0 Å². The fourth-order valence-electron chi connectivity index (χ4n) is 2.53. The summed E-state index contributed by atoms with van der Waals surface area (Å²) in [5.41, 5.74) is 1.40. The van der Waals surface area contributed by atoms with Gasteiger partial charge < -0.3 is 10.1 Å². The molecule has 1 saturated heterocycles. The Morgan fingerprint density at radius 3 is 2.42 bits per heavy atom. The SMILES string of the molecule is CC(C)CNCC(c1ccccc1)N1CCOCC1. The number of hydrogen-bond donors (Lipinski definition) is 1. The molecule has 0 aromatic heterocycles. The Hall–Kier alpha value is -0.900. The average molecular weight is 262 g/mol. The summed E-state index contributed by atoms with van der Waals surface area (Å²) < 4.78 is 5.47. The molecule has 1 aromatic rings. The maximum atomic E-state index is 5.47. The van der Waals surface area contributed by atoms with Gasteiger partial charge in [-0.3, -0.25) is 4.90 Å². The predicted molar refractivity (Wildman–Crippen MR) is 79.3 cm³/mol. The standard InChI is InChI=1S/C16H26N2O/c1-14(2)12-17-13-16(15-6-4-3-5-7-15)18-8-10-19-11-9-18/h3-7,14,16-17H,8-13H2,1-2H3. The Labute approximate surface area is 116 Å². The van der Waals surface area contributed by atoms with Crippen LogP contribution in [0.5, 0.6) is 0 Å². The van der Waals surface area contributed by atoms with E-state index in [-0.39, 0.29) is 0 Å². The third kappa shape index (κ3) is 4.60. The van der Waals surface area contributed by atoms with Crippen LogP contribution in [0.25, 0.3) is 0 Å². The summed E-state index contributed by atoms with van der Waals surface area (Å²) in [4.78, 5) is 2.53. The van der Waals surface area contributed by atoms with Crippen molar-refractivity contribution in [3.8, 4) is 0 Å². The summed E-state index contributed by atoms with van der Waals surface area (Å²) in [6.07, 6.45) is 0. The van der Waals surface area contributed by atoms with Crippen molar-refractivity contribution in [3.05, 3.63) is 35.9 Å². The van der Waals surface area contributed by atoms with Gasteiger partial charge in [-0.25, -0.2) is 0 Å². The maximum absolute atomic E-state index is 5.47. The van der Waals surface area contributed by atoms with Gasteiger partial charge in [0.2, 0.25) is 0 Å². The van der Waals surface area contributed by atoms with Crippen LogP contribution in [0, 0.1) is 5.92 Å². The molecule has 106 valence electrons. The number of morpholine rings is 1. The lowest BCUT2D eigenvalue weighted by Crippen LogP contribution is -2.43. The van der Waals surface area contributed by atoms with Gasteiger partial charge in [-0.05, 0) is 18.0 Å². The van der Waals surface area contributed by atoms with Crippen molar-refractivity contribution >= 4 is 0 Å². The van der Waals surface area contributed by atoms with E-state index in [0.717, 1.165) is 39.4 Å². The van der Waals surface area contributed by atoms with Crippen LogP contribution < -0.4 is 5.32 Å². The minimum absolute atomic E-state index is 0.462. The van der Waals surface area contributed by atoms with Crippen LogP contribution in [0.15, 0.2) is 30.3 Å². The van der Waals surface area contributed by atoms with E-state index in [0.29, 0.717) is 12.0 Å². The van der Waals surface area contributed by atoms with Crippen LogP contribution in [0.1, 0.15) is 25.5 Å². The highest BCUT2D eigenvalue weighted by molar-refractivity contribution is 5.19. The van der Waals surface area contributed by atoms with Crippen LogP contribution in [-0.4, -0.2) is 44.3 Å². The second-order valence-corrected chi connectivity index (χ2v) is 5.63. The predicted octanol–water partition coefficient (Wildman–Crippen LogP) is 2.31. The molecule has 1 aliphatic heterocycles. The van der Waals surface area contributed by atoms with Gasteiger partial charge in [0.1, 0.15) is 0 Å². The number of nitrogens with zero attached hydrogens (tertiary/aromatic N) is 1. The van der Waals surface area contributed by atoms with Crippen molar-refractivity contribution < 1.29 is 4.74 Å². The molecule has 3 heteroatoms. The van der Waals surface area contributed by atoms with E-state index in [1.807, 2.05) is 0 Å². The molecule has 1 aromatic carbocycles. The quantitative estimate of drug-likeness (QED) is 0.851. The molecule has 0 aliphatic carbocycles. The number of rotatable bonds is 6. The van der Waals surface area contributed by atoms with Gasteiger partial charge in [0, 0.05) is 25.7 Å². The zero-order valence-corrected chi connectivity index (χ0v) is 12.1. The molecule has 0 radical (unpaired) electrons. The molecule has 1 unspecified atom stereocenters. The number of ether oxygens (including phenoxy) is 1. The van der Waals surface area contributed by atoms with E-state index in [1.165, 1.54) is 5.56 Å². The van der Waals surface area contributed by atoms with Crippen LogP contribution in [0.3, 0.4) is 0 Å². The monoisotopic (exact) mass is 262 g/mol. The van der Waals surface area contributed by atoms with Crippen molar-refractivity contribution in [3.63, 3.8) is 0 Å². The fraction of sp³-hybridized carbons (Fsp3) is 0.625. The minimum atomic E-state index is 0.462. The van der Waals surface area contributed by atoms with Crippen LogP contribution >= 0.6 is 0 Å². The number of benzene rings is 1. The van der Waals surface area contributed by atoms with Gasteiger partial charge in [0.25, 0.3) is 0 Å². The molecular weight excluding hydrogens is 236 g/mol. The summed E-state index contributed by atoms with van der Waals surface area (Å²) in [5.74, 6) is 0.695. The van der Waals surface area contributed by atoms with Crippen molar-refractivity contribution in [2.24, 2.45) is 5.92 Å². The summed E-state index contributed by atoms with van der Waals surface area (Å²) in [5, 5.41) is 3.60. The molecule has 0 spiro atoms. The van der Waals surface area contributed by atoms with Crippen LogP contribution in [0.4, 0.5) is 0 Å². The zero-order valence-electron chi connectivity index (χ0n) is 12.1. The molecule has 3 nitrogen and oxygen atoms in total. The average Bonchev–Trinajstić information content (AvgIpc) is 2.45. The summed E-state index contributed by atoms with van der Waals surface area (Å²) >= 11 is 0. The maximum Gasteiger partial charge on any atom is 0.0594 e. The van der Waals surface area contributed by atoms with E-state index in [4.69, 9.17) is 4.74 Å². The number of hydrogen-bond acceptors (Lipinski definition) is 3. The first kappa shape index (κ1) is 14.5. The van der Waals surface area contributed by atoms with E-state index < -0.39 is 0 Å². The molecule has 1 fully saturated rings. The molecular formula is C16H26N2O. The zero-order chi connectivity index (χ0) is 13.5. The first-order chi connectivity index (χ1) is 9.27. The van der Waals surface area contributed by atoms with E-state index >= 15 is 0 Å². The van der Waals surface area contributed by atoms with Crippen molar-refractivity contribution in [2.45, 2.75) is 19.9 Å². The Balaban J connectivity index is 2.00. The van der Waals surface area contributed by atoms with E-state index in [2.05, 4.69) is 54.4 Å². The number of nitrogens with one attached hydrogen (secondary N) is 1. The highest BCUT2D eigenvalue weighted by atomic mass is 16.5. The molecule has 1 atom stereocenters. The van der Waals surface area contributed by atoms with Gasteiger partial charge >= 0.3 is 0 Å². The summed E-state index contributed by atoms with van der Waals surface area (Å²) in [7, 11) is 0. The lowest BCUT2D eigenvalue weighted by Gasteiger charge is -2.35. The smallest absolute Gasteiger partial charge is 0.0594 e. The Morgan fingerprint density at radius 1 is 1.11 bits per heavy atom. The third-order valence-electron chi connectivity index (χ3n) is 3.56. The van der Waals surface area contributed by atoms with Gasteiger partial charge in [-0.15, -0.1) is 0 Å². The largest absolute Gasteiger partial charge is 0.379 e. The molecule has 2 rings (SSSR count). The minimum Gasteiger partial charge on any atom is -0.379 e. The van der Waals surface area contributed by atoms with E-state index in [9.17, 15) is 0 Å².